The first-order chi connectivity index (χ1) is 5.35. The first-order valence-electron chi connectivity index (χ1n) is 4.12. The summed E-state index contributed by atoms with van der Waals surface area (Å²) in [7, 11) is 1.95. The molecule has 11 heavy (non-hydrogen) atoms. The molecule has 0 aromatic heterocycles. The van der Waals surface area contributed by atoms with Crippen molar-refractivity contribution >= 4 is 0 Å². The van der Waals surface area contributed by atoms with Gasteiger partial charge in [0, 0.05) is 39.3 Å². The first kappa shape index (κ1) is 10.8. The molecule has 0 aromatic rings. The highest BCUT2D eigenvalue weighted by atomic mass is 15.1. The van der Waals surface area contributed by atoms with Crippen molar-refractivity contribution in [1.82, 2.24) is 10.2 Å². The predicted octanol–water partition coefficient (Wildman–Crippen LogP) is -1.57. The summed E-state index contributed by atoms with van der Waals surface area (Å²) in [6, 6.07) is 0. The Morgan fingerprint density at radius 2 is 1.64 bits per heavy atom. The fraction of sp³-hybridized carbons (Fsp3) is 1.00. The summed E-state index contributed by atoms with van der Waals surface area (Å²) in [5.41, 5.74) is 10.9. The summed E-state index contributed by atoms with van der Waals surface area (Å²) in [4.78, 5) is 2.26. The summed E-state index contributed by atoms with van der Waals surface area (Å²) in [5, 5.41) is 3.09. The van der Waals surface area contributed by atoms with Crippen molar-refractivity contribution in [3.8, 4) is 0 Å². The Bertz CT molecular complexity index is 70.8. The van der Waals surface area contributed by atoms with E-state index in [1.54, 1.807) is 0 Å². The number of hydrogen-bond donors (Lipinski definition) is 3. The van der Waals surface area contributed by atoms with Crippen LogP contribution in [-0.2, 0) is 0 Å². The highest BCUT2D eigenvalue weighted by molar-refractivity contribution is 4.59. The smallest absolute Gasteiger partial charge is 0.0108 e. The maximum absolute atomic E-state index is 5.43. The van der Waals surface area contributed by atoms with Gasteiger partial charge in [-0.2, -0.15) is 0 Å². The van der Waals surface area contributed by atoms with Crippen molar-refractivity contribution in [1.29, 1.82) is 0 Å². The second-order valence-electron chi connectivity index (χ2n) is 2.52. The minimum absolute atomic E-state index is 0.712. The molecule has 0 saturated carbocycles. The predicted molar refractivity (Wildman–Crippen MR) is 48.5 cm³/mol. The van der Waals surface area contributed by atoms with E-state index in [0.29, 0.717) is 13.1 Å². The molecule has 0 fully saturated rings. The molecule has 0 rings (SSSR count). The lowest BCUT2D eigenvalue weighted by Gasteiger charge is -2.19. The van der Waals surface area contributed by atoms with E-state index in [1.165, 1.54) is 0 Å². The molecule has 4 heteroatoms. The number of likely N-dealkylation sites (N-methyl/N-ethyl adjacent to an activating group) is 1. The molecule has 68 valence electrons. The summed E-state index contributed by atoms with van der Waals surface area (Å²) < 4.78 is 0. The number of nitrogens with two attached hydrogens (primary N) is 2. The van der Waals surface area contributed by atoms with Gasteiger partial charge in [-0.1, -0.05) is 0 Å². The number of hydrogen-bond acceptors (Lipinski definition) is 4. The highest BCUT2D eigenvalue weighted by Crippen LogP contribution is 1.82. The zero-order valence-electron chi connectivity index (χ0n) is 7.34. The van der Waals surface area contributed by atoms with E-state index in [9.17, 15) is 0 Å². The largest absolute Gasteiger partial charge is 0.329 e. The zero-order chi connectivity index (χ0) is 8.53. The number of nitrogens with one attached hydrogen (secondary N) is 1. The van der Waals surface area contributed by atoms with E-state index in [0.717, 1.165) is 26.2 Å². The average molecular weight is 160 g/mol. The third kappa shape index (κ3) is 6.25. The minimum atomic E-state index is 0.712. The van der Waals surface area contributed by atoms with Crippen molar-refractivity contribution in [2.45, 2.75) is 0 Å². The van der Waals surface area contributed by atoms with Crippen LogP contribution in [0.25, 0.3) is 0 Å². The fourth-order valence-electron chi connectivity index (χ4n) is 0.970. The van der Waals surface area contributed by atoms with Gasteiger partial charge in [0.05, 0.1) is 0 Å². The van der Waals surface area contributed by atoms with Crippen LogP contribution < -0.4 is 16.8 Å². The minimum Gasteiger partial charge on any atom is -0.329 e. The van der Waals surface area contributed by atoms with Crippen LogP contribution in [0, 0.1) is 0 Å². The van der Waals surface area contributed by atoms with Gasteiger partial charge < -0.3 is 16.8 Å². The maximum atomic E-state index is 5.43. The van der Waals surface area contributed by atoms with Gasteiger partial charge in [0.15, 0.2) is 0 Å². The van der Waals surface area contributed by atoms with Gasteiger partial charge in [-0.15, -0.1) is 0 Å². The molecule has 0 heterocycles. The molecule has 0 aromatic carbocycles. The fourth-order valence-corrected chi connectivity index (χ4v) is 0.970. The molecule has 0 aliphatic carbocycles. The van der Waals surface area contributed by atoms with Crippen LogP contribution in [0.15, 0.2) is 0 Å². The van der Waals surface area contributed by atoms with Crippen LogP contribution in [-0.4, -0.2) is 51.2 Å². The highest BCUT2D eigenvalue weighted by Gasteiger charge is 1.99. The van der Waals surface area contributed by atoms with Gasteiger partial charge in [0.25, 0.3) is 0 Å². The Labute approximate surface area is 68.9 Å². The Morgan fingerprint density at radius 3 is 2.00 bits per heavy atom. The standard InChI is InChI=1S/C7H20N4/c1-10-4-7-11(5-2-8)6-3-9/h10H,2-9H2,1H3. The molecule has 4 nitrogen and oxygen atoms in total. The van der Waals surface area contributed by atoms with E-state index in [-0.39, 0.29) is 0 Å². The Kier molecular flexibility index (Phi) is 7.83. The Hall–Kier alpha value is -0.160. The number of rotatable bonds is 7. The second-order valence-corrected chi connectivity index (χ2v) is 2.52. The van der Waals surface area contributed by atoms with Gasteiger partial charge in [0.2, 0.25) is 0 Å². The van der Waals surface area contributed by atoms with E-state index in [2.05, 4.69) is 10.2 Å². The molecule has 0 atom stereocenters. The molecule has 0 radical (unpaired) electrons. The SMILES string of the molecule is CNCCN(CCN)CCN. The summed E-state index contributed by atoms with van der Waals surface area (Å²) in [6.45, 7) is 5.34. The molecule has 0 aliphatic rings. The first-order valence-corrected chi connectivity index (χ1v) is 4.12. The third-order valence-electron chi connectivity index (χ3n) is 1.57. The lowest BCUT2D eigenvalue weighted by atomic mass is 10.4. The lowest BCUT2D eigenvalue weighted by molar-refractivity contribution is 0.290. The maximum Gasteiger partial charge on any atom is 0.0108 e. The summed E-state index contributed by atoms with van der Waals surface area (Å²) >= 11 is 0. The van der Waals surface area contributed by atoms with Crippen LogP contribution in [0.4, 0.5) is 0 Å². The van der Waals surface area contributed by atoms with Crippen molar-refractivity contribution in [2.75, 3.05) is 46.3 Å². The average Bonchev–Trinajstić information content (AvgIpc) is 2.01. The van der Waals surface area contributed by atoms with Crippen LogP contribution in [0.3, 0.4) is 0 Å². The van der Waals surface area contributed by atoms with E-state index in [4.69, 9.17) is 11.5 Å². The lowest BCUT2D eigenvalue weighted by Crippen LogP contribution is -2.37. The van der Waals surface area contributed by atoms with Gasteiger partial charge in [-0.3, -0.25) is 4.90 Å². The summed E-state index contributed by atoms with van der Waals surface area (Å²) in [6.07, 6.45) is 0. The third-order valence-corrected chi connectivity index (χ3v) is 1.57. The van der Waals surface area contributed by atoms with Crippen LogP contribution in [0.2, 0.25) is 0 Å². The molecule has 0 bridgehead atoms. The van der Waals surface area contributed by atoms with Crippen molar-refractivity contribution in [2.24, 2.45) is 11.5 Å². The molecular formula is C7H20N4. The van der Waals surface area contributed by atoms with E-state index >= 15 is 0 Å². The molecule has 5 N–H and O–H groups in total. The molecule has 0 spiro atoms. The normalized spacial score (nSPS) is 10.9. The van der Waals surface area contributed by atoms with Crippen molar-refractivity contribution < 1.29 is 0 Å². The molecular weight excluding hydrogens is 140 g/mol. The molecule has 0 saturated heterocycles. The number of nitrogens with zero attached hydrogens (tertiary/aromatic N) is 1. The molecule has 0 amide bonds. The van der Waals surface area contributed by atoms with E-state index < -0.39 is 0 Å². The van der Waals surface area contributed by atoms with Gasteiger partial charge in [-0.25, -0.2) is 0 Å². The van der Waals surface area contributed by atoms with Crippen LogP contribution in [0.5, 0.6) is 0 Å². The topological polar surface area (TPSA) is 67.3 Å². The molecule has 0 unspecified atom stereocenters. The Balaban J connectivity index is 3.34. The molecule has 0 aliphatic heterocycles. The van der Waals surface area contributed by atoms with Gasteiger partial charge >= 0.3 is 0 Å². The Morgan fingerprint density at radius 1 is 1.09 bits per heavy atom. The van der Waals surface area contributed by atoms with Crippen molar-refractivity contribution in [3.05, 3.63) is 0 Å². The zero-order valence-corrected chi connectivity index (χ0v) is 7.34. The quantitative estimate of drug-likeness (QED) is 0.421. The monoisotopic (exact) mass is 160 g/mol. The van der Waals surface area contributed by atoms with Crippen molar-refractivity contribution in [3.63, 3.8) is 0 Å². The van der Waals surface area contributed by atoms with E-state index in [1.807, 2.05) is 7.05 Å². The summed E-state index contributed by atoms with van der Waals surface area (Å²) in [5.74, 6) is 0. The van der Waals surface area contributed by atoms with Gasteiger partial charge in [0.1, 0.15) is 0 Å². The second kappa shape index (κ2) is 7.94. The van der Waals surface area contributed by atoms with Crippen LogP contribution in [0.1, 0.15) is 0 Å². The van der Waals surface area contributed by atoms with Crippen LogP contribution >= 0.6 is 0 Å². The van der Waals surface area contributed by atoms with Gasteiger partial charge in [-0.05, 0) is 7.05 Å².